The Morgan fingerprint density at radius 2 is 1.97 bits per heavy atom. The van der Waals surface area contributed by atoms with E-state index >= 15 is 0 Å². The number of carbonyl (C=O) groups is 1. The summed E-state index contributed by atoms with van der Waals surface area (Å²) in [5, 5.41) is 7.13. The minimum Gasteiger partial charge on any atom is -0.339 e. The van der Waals surface area contributed by atoms with E-state index in [1.165, 1.54) is 5.56 Å². The van der Waals surface area contributed by atoms with Crippen LogP contribution in [0.25, 0.3) is 11.4 Å². The number of rotatable bonds is 3. The van der Waals surface area contributed by atoms with Crippen LogP contribution in [0.1, 0.15) is 35.8 Å². The number of amides is 2. The summed E-state index contributed by atoms with van der Waals surface area (Å²) in [6, 6.07) is 13.7. The molecule has 1 aliphatic rings. The number of nitrogens with zero attached hydrogens (tertiary/aromatic N) is 3. The Kier molecular flexibility index (Phi) is 5.67. The van der Waals surface area contributed by atoms with Gasteiger partial charge >= 0.3 is 6.03 Å². The maximum absolute atomic E-state index is 12.7. The molecule has 1 aromatic heterocycles. The molecule has 1 aliphatic heterocycles. The predicted octanol–water partition coefficient (Wildman–Crippen LogP) is 5.53. The first-order valence-corrected chi connectivity index (χ1v) is 10.5. The predicted molar refractivity (Wildman–Crippen MR) is 116 cm³/mol. The van der Waals surface area contributed by atoms with Gasteiger partial charge in [-0.1, -0.05) is 27.2 Å². The standard InChI is InChI=1S/C22H23BrN4O2/c1-14-5-10-19(12-15(14)2)24-22(28)27-11-3-4-17(13-27)21-25-20(26-29-21)16-6-8-18(23)9-7-16/h5-10,12,17H,3-4,11,13H2,1-2H3,(H,24,28). The number of hydrogen-bond acceptors (Lipinski definition) is 4. The first kappa shape index (κ1) is 19.6. The first-order chi connectivity index (χ1) is 14.0. The van der Waals surface area contributed by atoms with E-state index in [1.807, 2.05) is 54.3 Å². The largest absolute Gasteiger partial charge is 0.339 e. The van der Waals surface area contributed by atoms with Crippen molar-refractivity contribution in [2.24, 2.45) is 0 Å². The Balaban J connectivity index is 1.43. The van der Waals surface area contributed by atoms with Crippen molar-refractivity contribution >= 4 is 27.6 Å². The van der Waals surface area contributed by atoms with Gasteiger partial charge in [-0.2, -0.15) is 4.98 Å². The molecular formula is C22H23BrN4O2. The molecular weight excluding hydrogens is 432 g/mol. The number of urea groups is 1. The number of aromatic nitrogens is 2. The zero-order valence-electron chi connectivity index (χ0n) is 16.5. The van der Waals surface area contributed by atoms with E-state index < -0.39 is 0 Å². The van der Waals surface area contributed by atoms with Crippen molar-refractivity contribution in [2.45, 2.75) is 32.6 Å². The number of carbonyl (C=O) groups excluding carboxylic acids is 1. The van der Waals surface area contributed by atoms with Gasteiger partial charge in [-0.3, -0.25) is 0 Å². The average molecular weight is 455 g/mol. The third-order valence-electron chi connectivity index (χ3n) is 5.36. The van der Waals surface area contributed by atoms with E-state index in [9.17, 15) is 4.79 Å². The zero-order valence-corrected chi connectivity index (χ0v) is 18.1. The van der Waals surface area contributed by atoms with E-state index in [-0.39, 0.29) is 11.9 Å². The van der Waals surface area contributed by atoms with Crippen LogP contribution in [-0.4, -0.2) is 34.2 Å². The van der Waals surface area contributed by atoms with Crippen molar-refractivity contribution in [3.05, 3.63) is 64.0 Å². The van der Waals surface area contributed by atoms with Crippen molar-refractivity contribution in [1.29, 1.82) is 0 Å². The summed E-state index contributed by atoms with van der Waals surface area (Å²) in [5.74, 6) is 1.21. The Morgan fingerprint density at radius 1 is 1.17 bits per heavy atom. The van der Waals surface area contributed by atoms with Crippen molar-refractivity contribution < 1.29 is 9.32 Å². The molecule has 1 unspecified atom stereocenters. The Hall–Kier alpha value is -2.67. The minimum absolute atomic E-state index is 0.0472. The van der Waals surface area contributed by atoms with Crippen LogP contribution in [0.3, 0.4) is 0 Å². The molecule has 2 heterocycles. The molecule has 0 spiro atoms. The van der Waals surface area contributed by atoms with E-state index in [2.05, 4.69) is 38.3 Å². The number of nitrogens with one attached hydrogen (secondary N) is 1. The van der Waals surface area contributed by atoms with Crippen LogP contribution in [0, 0.1) is 13.8 Å². The molecule has 150 valence electrons. The highest BCUT2D eigenvalue weighted by atomic mass is 79.9. The zero-order chi connectivity index (χ0) is 20.4. The quantitative estimate of drug-likeness (QED) is 0.564. The molecule has 4 rings (SSSR count). The molecule has 3 aromatic rings. The van der Waals surface area contributed by atoms with Gasteiger partial charge in [-0.05, 0) is 74.2 Å². The Morgan fingerprint density at radius 3 is 2.72 bits per heavy atom. The fraction of sp³-hybridized carbons (Fsp3) is 0.318. The van der Waals surface area contributed by atoms with E-state index in [4.69, 9.17) is 4.52 Å². The Bertz CT molecular complexity index is 1020. The lowest BCUT2D eigenvalue weighted by molar-refractivity contribution is 0.184. The van der Waals surface area contributed by atoms with Crippen LogP contribution < -0.4 is 5.32 Å². The molecule has 1 N–H and O–H groups in total. The van der Waals surface area contributed by atoms with Crippen molar-refractivity contribution in [2.75, 3.05) is 18.4 Å². The maximum atomic E-state index is 12.7. The molecule has 0 saturated carbocycles. The lowest BCUT2D eigenvalue weighted by Gasteiger charge is -2.31. The van der Waals surface area contributed by atoms with Crippen LogP contribution in [0.5, 0.6) is 0 Å². The number of piperidine rings is 1. The van der Waals surface area contributed by atoms with Crippen LogP contribution in [0.15, 0.2) is 51.5 Å². The molecule has 6 nitrogen and oxygen atoms in total. The minimum atomic E-state index is -0.0920. The fourth-order valence-corrected chi connectivity index (χ4v) is 3.77. The highest BCUT2D eigenvalue weighted by molar-refractivity contribution is 9.10. The molecule has 1 saturated heterocycles. The van der Waals surface area contributed by atoms with Gasteiger partial charge < -0.3 is 14.7 Å². The highest BCUT2D eigenvalue weighted by Crippen LogP contribution is 2.28. The summed E-state index contributed by atoms with van der Waals surface area (Å²) in [6.45, 7) is 5.39. The molecule has 29 heavy (non-hydrogen) atoms. The van der Waals surface area contributed by atoms with Crippen molar-refractivity contribution in [1.82, 2.24) is 15.0 Å². The van der Waals surface area contributed by atoms with Gasteiger partial charge in [-0.25, -0.2) is 4.79 Å². The number of benzene rings is 2. The molecule has 1 atom stereocenters. The second-order valence-corrected chi connectivity index (χ2v) is 8.39. The fourth-order valence-electron chi connectivity index (χ4n) is 3.50. The van der Waals surface area contributed by atoms with Crippen molar-refractivity contribution in [3.8, 4) is 11.4 Å². The monoisotopic (exact) mass is 454 g/mol. The van der Waals surface area contributed by atoms with Gasteiger partial charge in [0.15, 0.2) is 0 Å². The Labute approximate surface area is 178 Å². The summed E-state index contributed by atoms with van der Waals surface area (Å²) in [6.07, 6.45) is 1.83. The molecule has 2 aromatic carbocycles. The van der Waals surface area contributed by atoms with Gasteiger partial charge in [0.25, 0.3) is 0 Å². The third kappa shape index (κ3) is 4.50. The van der Waals surface area contributed by atoms with Gasteiger partial charge in [-0.15, -0.1) is 0 Å². The number of hydrogen-bond donors (Lipinski definition) is 1. The van der Waals surface area contributed by atoms with E-state index in [0.29, 0.717) is 18.3 Å². The second kappa shape index (κ2) is 8.37. The first-order valence-electron chi connectivity index (χ1n) is 9.72. The topological polar surface area (TPSA) is 71.3 Å². The van der Waals surface area contributed by atoms with Crippen LogP contribution in [0.4, 0.5) is 10.5 Å². The molecule has 0 aliphatic carbocycles. The molecule has 7 heteroatoms. The summed E-state index contributed by atoms with van der Waals surface area (Å²) < 4.78 is 6.54. The molecule has 2 amide bonds. The summed E-state index contributed by atoms with van der Waals surface area (Å²) in [4.78, 5) is 19.2. The number of anilines is 1. The smallest absolute Gasteiger partial charge is 0.321 e. The van der Waals surface area contributed by atoms with Gasteiger partial charge in [0.05, 0.1) is 5.92 Å². The van der Waals surface area contributed by atoms with Crippen molar-refractivity contribution in [3.63, 3.8) is 0 Å². The third-order valence-corrected chi connectivity index (χ3v) is 5.89. The maximum Gasteiger partial charge on any atom is 0.321 e. The number of halogens is 1. The lowest BCUT2D eigenvalue weighted by atomic mass is 9.98. The van der Waals surface area contributed by atoms with Gasteiger partial charge in [0, 0.05) is 28.8 Å². The van der Waals surface area contributed by atoms with Crippen LogP contribution in [0.2, 0.25) is 0 Å². The summed E-state index contributed by atoms with van der Waals surface area (Å²) >= 11 is 3.43. The van der Waals surface area contributed by atoms with E-state index in [1.54, 1.807) is 0 Å². The normalized spacial score (nSPS) is 16.7. The molecule has 0 bridgehead atoms. The SMILES string of the molecule is Cc1ccc(NC(=O)N2CCCC(c3nc(-c4ccc(Br)cc4)no3)C2)cc1C. The van der Waals surface area contributed by atoms with Gasteiger partial charge in [0.1, 0.15) is 0 Å². The lowest BCUT2D eigenvalue weighted by Crippen LogP contribution is -2.41. The molecule has 1 fully saturated rings. The van der Waals surface area contributed by atoms with Crippen LogP contribution in [-0.2, 0) is 0 Å². The van der Waals surface area contributed by atoms with E-state index in [0.717, 1.165) is 40.7 Å². The summed E-state index contributed by atoms with van der Waals surface area (Å²) in [7, 11) is 0. The summed E-state index contributed by atoms with van der Waals surface area (Å²) in [5.41, 5.74) is 4.09. The average Bonchev–Trinajstić information content (AvgIpc) is 3.22. The number of likely N-dealkylation sites (tertiary alicyclic amines) is 1. The highest BCUT2D eigenvalue weighted by Gasteiger charge is 2.28. The number of aryl methyl sites for hydroxylation is 2. The van der Waals surface area contributed by atoms with Crippen LogP contribution >= 0.6 is 15.9 Å². The molecule has 0 radical (unpaired) electrons. The second-order valence-electron chi connectivity index (χ2n) is 7.48. The van der Waals surface area contributed by atoms with Gasteiger partial charge in [0.2, 0.25) is 11.7 Å².